The molecule has 1 aliphatic heterocycles. The normalized spacial score (nSPS) is 19.9. The van der Waals surface area contributed by atoms with E-state index in [9.17, 15) is 13.2 Å². The number of hydrogen-bond donors (Lipinski definition) is 1. The van der Waals surface area contributed by atoms with E-state index in [1.54, 1.807) is 6.92 Å². The lowest BCUT2D eigenvalue weighted by atomic mass is 9.96. The molecule has 1 heterocycles. The highest BCUT2D eigenvalue weighted by Crippen LogP contribution is 2.26. The Bertz CT molecular complexity index is 583. The van der Waals surface area contributed by atoms with Crippen molar-refractivity contribution in [3.63, 3.8) is 0 Å². The Morgan fingerprint density at radius 2 is 2.00 bits per heavy atom. The predicted octanol–water partition coefficient (Wildman–Crippen LogP) is 0.638. The Morgan fingerprint density at radius 3 is 2.58 bits per heavy atom. The minimum absolute atomic E-state index is 0.0406. The van der Waals surface area contributed by atoms with E-state index in [0.29, 0.717) is 12.8 Å². The molecule has 0 aromatic heterocycles. The number of nitrogens with zero attached hydrogens (tertiary/aromatic N) is 1. The maximum absolute atomic E-state index is 12.2. The van der Waals surface area contributed by atoms with Crippen molar-refractivity contribution in [3.05, 3.63) is 35.4 Å². The molecule has 2 rings (SSSR count). The third-order valence-corrected chi connectivity index (χ3v) is 5.38. The first-order chi connectivity index (χ1) is 8.95. The van der Waals surface area contributed by atoms with Gasteiger partial charge in [0.1, 0.15) is 6.04 Å². The van der Waals surface area contributed by atoms with Crippen LogP contribution in [0.4, 0.5) is 0 Å². The van der Waals surface area contributed by atoms with E-state index >= 15 is 0 Å². The van der Waals surface area contributed by atoms with E-state index < -0.39 is 22.0 Å². The molecule has 0 saturated carbocycles. The van der Waals surface area contributed by atoms with Crippen LogP contribution in [0.3, 0.4) is 0 Å². The lowest BCUT2D eigenvalue weighted by molar-refractivity contribution is -0.122. The standard InChI is InChI=1S/C13H18N2O3S/c1-2-7-19(17,18)15-9-11-6-4-3-5-10(11)8-12(15)13(14)16/h3-6,12H,2,7-9H2,1H3,(H2,14,16)/t12-/m0/s1. The van der Waals surface area contributed by atoms with Crippen molar-refractivity contribution in [1.29, 1.82) is 0 Å². The SMILES string of the molecule is CCCS(=O)(=O)N1Cc2ccccc2C[C@H]1C(N)=O. The monoisotopic (exact) mass is 282 g/mol. The molecule has 0 bridgehead atoms. The van der Waals surface area contributed by atoms with Crippen LogP contribution >= 0.6 is 0 Å². The van der Waals surface area contributed by atoms with Crippen LogP contribution in [0.25, 0.3) is 0 Å². The molecular weight excluding hydrogens is 264 g/mol. The van der Waals surface area contributed by atoms with Gasteiger partial charge in [0, 0.05) is 6.54 Å². The van der Waals surface area contributed by atoms with Crippen LogP contribution < -0.4 is 5.73 Å². The zero-order valence-corrected chi connectivity index (χ0v) is 11.7. The first-order valence-electron chi connectivity index (χ1n) is 6.31. The number of carbonyl (C=O) groups excluding carboxylic acids is 1. The van der Waals surface area contributed by atoms with Crippen molar-refractivity contribution in [1.82, 2.24) is 4.31 Å². The summed E-state index contributed by atoms with van der Waals surface area (Å²) in [5.74, 6) is -0.548. The molecule has 2 N–H and O–H groups in total. The highest BCUT2D eigenvalue weighted by molar-refractivity contribution is 7.89. The fraction of sp³-hybridized carbons (Fsp3) is 0.462. The third-order valence-electron chi connectivity index (χ3n) is 3.35. The minimum atomic E-state index is -3.44. The number of amides is 1. The topological polar surface area (TPSA) is 80.5 Å². The molecule has 104 valence electrons. The molecular formula is C13H18N2O3S. The number of benzene rings is 1. The number of rotatable bonds is 4. The number of sulfonamides is 1. The maximum Gasteiger partial charge on any atom is 0.236 e. The van der Waals surface area contributed by atoms with E-state index in [0.717, 1.165) is 11.1 Å². The average molecular weight is 282 g/mol. The van der Waals surface area contributed by atoms with E-state index in [1.807, 2.05) is 24.3 Å². The second-order valence-corrected chi connectivity index (χ2v) is 6.79. The van der Waals surface area contributed by atoms with E-state index in [2.05, 4.69) is 0 Å². The van der Waals surface area contributed by atoms with Crippen molar-refractivity contribution in [2.45, 2.75) is 32.4 Å². The Balaban J connectivity index is 2.40. The van der Waals surface area contributed by atoms with Gasteiger partial charge in [-0.2, -0.15) is 4.31 Å². The number of carbonyl (C=O) groups is 1. The predicted molar refractivity (Wildman–Crippen MR) is 72.7 cm³/mol. The van der Waals surface area contributed by atoms with Crippen LogP contribution in [0.1, 0.15) is 24.5 Å². The van der Waals surface area contributed by atoms with Crippen molar-refractivity contribution in [3.8, 4) is 0 Å². The maximum atomic E-state index is 12.2. The molecule has 5 nitrogen and oxygen atoms in total. The van der Waals surface area contributed by atoms with Gasteiger partial charge in [-0.05, 0) is 24.0 Å². The van der Waals surface area contributed by atoms with Gasteiger partial charge in [-0.25, -0.2) is 8.42 Å². The Kier molecular flexibility index (Phi) is 3.91. The summed E-state index contributed by atoms with van der Waals surface area (Å²) in [6.07, 6.45) is 0.875. The van der Waals surface area contributed by atoms with Gasteiger partial charge in [-0.15, -0.1) is 0 Å². The van der Waals surface area contributed by atoms with E-state index in [4.69, 9.17) is 5.73 Å². The lowest BCUT2D eigenvalue weighted by Crippen LogP contribution is -2.51. The largest absolute Gasteiger partial charge is 0.368 e. The van der Waals surface area contributed by atoms with Gasteiger partial charge in [0.2, 0.25) is 15.9 Å². The Morgan fingerprint density at radius 1 is 1.37 bits per heavy atom. The van der Waals surface area contributed by atoms with Crippen LogP contribution in [-0.4, -0.2) is 30.4 Å². The van der Waals surface area contributed by atoms with Crippen LogP contribution in [0, 0.1) is 0 Å². The second kappa shape index (κ2) is 5.30. The highest BCUT2D eigenvalue weighted by Gasteiger charge is 2.37. The van der Waals surface area contributed by atoms with Crippen LogP contribution in [0.5, 0.6) is 0 Å². The van der Waals surface area contributed by atoms with E-state index in [-0.39, 0.29) is 12.3 Å². The number of hydrogen-bond acceptors (Lipinski definition) is 3. The van der Waals surface area contributed by atoms with Gasteiger partial charge < -0.3 is 5.73 Å². The molecule has 19 heavy (non-hydrogen) atoms. The fourth-order valence-electron chi connectivity index (χ4n) is 2.41. The highest BCUT2D eigenvalue weighted by atomic mass is 32.2. The summed E-state index contributed by atoms with van der Waals surface area (Å²) >= 11 is 0. The third kappa shape index (κ3) is 2.79. The fourth-order valence-corrected chi connectivity index (χ4v) is 4.06. The molecule has 1 aromatic carbocycles. The first-order valence-corrected chi connectivity index (χ1v) is 7.92. The number of fused-ring (bicyclic) bond motifs is 1. The Labute approximate surface area is 113 Å². The second-order valence-electron chi connectivity index (χ2n) is 4.75. The zero-order valence-electron chi connectivity index (χ0n) is 10.9. The molecule has 0 radical (unpaired) electrons. The molecule has 0 fully saturated rings. The van der Waals surface area contributed by atoms with Crippen LogP contribution in [0.2, 0.25) is 0 Å². The van der Waals surface area contributed by atoms with Gasteiger partial charge in [-0.3, -0.25) is 4.79 Å². The summed E-state index contributed by atoms with van der Waals surface area (Å²) in [5, 5.41) is 0. The first kappa shape index (κ1) is 14.0. The van der Waals surface area contributed by atoms with Crippen molar-refractivity contribution >= 4 is 15.9 Å². The molecule has 1 amide bonds. The summed E-state index contributed by atoms with van der Waals surface area (Å²) < 4.78 is 25.7. The van der Waals surface area contributed by atoms with Gasteiger partial charge in [0.15, 0.2) is 0 Å². The van der Waals surface area contributed by atoms with Gasteiger partial charge >= 0.3 is 0 Å². The molecule has 1 aliphatic rings. The summed E-state index contributed by atoms with van der Waals surface area (Å²) in [4.78, 5) is 11.5. The summed E-state index contributed by atoms with van der Waals surface area (Å²) in [5.41, 5.74) is 7.30. The smallest absolute Gasteiger partial charge is 0.236 e. The van der Waals surface area contributed by atoms with Gasteiger partial charge in [0.05, 0.1) is 5.75 Å². The van der Waals surface area contributed by atoms with Gasteiger partial charge in [0.25, 0.3) is 0 Å². The zero-order chi connectivity index (χ0) is 14.0. The quantitative estimate of drug-likeness (QED) is 0.880. The Hall–Kier alpha value is -1.40. The van der Waals surface area contributed by atoms with Gasteiger partial charge in [-0.1, -0.05) is 31.2 Å². The molecule has 0 unspecified atom stereocenters. The summed E-state index contributed by atoms with van der Waals surface area (Å²) in [6, 6.07) is 6.78. The molecule has 0 spiro atoms. The summed E-state index contributed by atoms with van der Waals surface area (Å²) in [7, 11) is -3.44. The van der Waals surface area contributed by atoms with Crippen LogP contribution in [-0.2, 0) is 27.8 Å². The van der Waals surface area contributed by atoms with Crippen molar-refractivity contribution in [2.75, 3.05) is 5.75 Å². The van der Waals surface area contributed by atoms with Crippen molar-refractivity contribution < 1.29 is 13.2 Å². The summed E-state index contributed by atoms with van der Waals surface area (Å²) in [6.45, 7) is 2.03. The molecule has 1 atom stereocenters. The lowest BCUT2D eigenvalue weighted by Gasteiger charge is -2.34. The molecule has 0 aliphatic carbocycles. The molecule has 1 aromatic rings. The number of primary amides is 1. The minimum Gasteiger partial charge on any atom is -0.368 e. The van der Waals surface area contributed by atoms with Crippen LogP contribution in [0.15, 0.2) is 24.3 Å². The number of nitrogens with two attached hydrogens (primary N) is 1. The molecule has 0 saturated heterocycles. The molecule has 6 heteroatoms. The van der Waals surface area contributed by atoms with E-state index in [1.165, 1.54) is 4.31 Å². The average Bonchev–Trinajstić information content (AvgIpc) is 2.37. The van der Waals surface area contributed by atoms with Crippen molar-refractivity contribution in [2.24, 2.45) is 5.73 Å².